The van der Waals surface area contributed by atoms with Gasteiger partial charge in [-0.15, -0.1) is 0 Å². The largest absolute Gasteiger partial charge is 0.0830 e. The molecule has 3 aromatic carbocycles. The van der Waals surface area contributed by atoms with Crippen LogP contribution in [0.25, 0.3) is 12.2 Å². The molecule has 0 heterocycles. The van der Waals surface area contributed by atoms with Gasteiger partial charge in [-0.1, -0.05) is 115 Å². The SMILES string of the molecule is C(=C\c1ccccc1)/CC(/C=C/c1ccccc1)c1ccccc1. The van der Waals surface area contributed by atoms with Crippen molar-refractivity contribution in [2.45, 2.75) is 12.3 Å². The van der Waals surface area contributed by atoms with Crippen molar-refractivity contribution in [2.24, 2.45) is 0 Å². The van der Waals surface area contributed by atoms with E-state index in [0.29, 0.717) is 5.92 Å². The third kappa shape index (κ3) is 4.82. The smallest absolute Gasteiger partial charge is 0.00559 e. The molecule has 0 aromatic heterocycles. The van der Waals surface area contributed by atoms with Crippen LogP contribution in [0.5, 0.6) is 0 Å². The van der Waals surface area contributed by atoms with Crippen LogP contribution in [-0.2, 0) is 0 Å². The Balaban J connectivity index is 1.75. The standard InChI is InChI=1S/C24H22/c1-4-11-21(12-5-1)15-10-18-24(23-16-8-3-9-17-23)20-19-22-13-6-2-7-14-22/h1-17,19-20,24H,18H2/b15-10+,20-19+. The summed E-state index contributed by atoms with van der Waals surface area (Å²) in [4.78, 5) is 0. The maximum Gasteiger partial charge on any atom is 0.00559 e. The number of benzene rings is 3. The van der Waals surface area contributed by atoms with Crippen LogP contribution in [0.15, 0.2) is 103 Å². The molecule has 24 heavy (non-hydrogen) atoms. The maximum atomic E-state index is 2.31. The fourth-order valence-electron chi connectivity index (χ4n) is 2.73. The van der Waals surface area contributed by atoms with E-state index in [4.69, 9.17) is 0 Å². The fraction of sp³-hybridized carbons (Fsp3) is 0.0833. The van der Waals surface area contributed by atoms with Crippen LogP contribution in [0.4, 0.5) is 0 Å². The molecule has 0 N–H and O–H groups in total. The van der Waals surface area contributed by atoms with Gasteiger partial charge in [0.25, 0.3) is 0 Å². The molecule has 1 unspecified atom stereocenters. The van der Waals surface area contributed by atoms with Crippen LogP contribution in [-0.4, -0.2) is 0 Å². The summed E-state index contributed by atoms with van der Waals surface area (Å²) in [5.41, 5.74) is 3.84. The van der Waals surface area contributed by atoms with E-state index < -0.39 is 0 Å². The Morgan fingerprint density at radius 3 is 1.67 bits per heavy atom. The van der Waals surface area contributed by atoms with E-state index in [-0.39, 0.29) is 0 Å². The first kappa shape index (κ1) is 16.0. The fourth-order valence-corrected chi connectivity index (χ4v) is 2.73. The molecule has 0 amide bonds. The lowest BCUT2D eigenvalue weighted by Crippen LogP contribution is -1.93. The van der Waals surface area contributed by atoms with Gasteiger partial charge in [-0.05, 0) is 23.1 Å². The number of rotatable bonds is 6. The molecule has 0 aliphatic rings. The van der Waals surface area contributed by atoms with Crippen molar-refractivity contribution in [1.82, 2.24) is 0 Å². The zero-order chi connectivity index (χ0) is 16.5. The van der Waals surface area contributed by atoms with Crippen LogP contribution in [0.2, 0.25) is 0 Å². The van der Waals surface area contributed by atoms with E-state index in [0.717, 1.165) is 6.42 Å². The van der Waals surface area contributed by atoms with Crippen LogP contribution >= 0.6 is 0 Å². The van der Waals surface area contributed by atoms with Crippen molar-refractivity contribution in [1.29, 1.82) is 0 Å². The Labute approximate surface area is 144 Å². The second-order valence-corrected chi connectivity index (χ2v) is 5.84. The Kier molecular flexibility index (Phi) is 5.80. The predicted octanol–water partition coefficient (Wildman–Crippen LogP) is 6.59. The Morgan fingerprint density at radius 2 is 1.08 bits per heavy atom. The van der Waals surface area contributed by atoms with Crippen molar-refractivity contribution in [3.63, 3.8) is 0 Å². The summed E-state index contributed by atoms with van der Waals surface area (Å²) < 4.78 is 0. The molecule has 3 rings (SSSR count). The minimum Gasteiger partial charge on any atom is -0.0830 e. The summed E-state index contributed by atoms with van der Waals surface area (Å²) in [6.07, 6.45) is 9.98. The molecule has 118 valence electrons. The second kappa shape index (κ2) is 8.69. The molecule has 0 radical (unpaired) electrons. The molecule has 0 fully saturated rings. The van der Waals surface area contributed by atoms with Gasteiger partial charge in [0, 0.05) is 5.92 Å². The predicted molar refractivity (Wildman–Crippen MR) is 105 cm³/mol. The van der Waals surface area contributed by atoms with Crippen molar-refractivity contribution >= 4 is 12.2 Å². The molecule has 1 atom stereocenters. The highest BCUT2D eigenvalue weighted by molar-refractivity contribution is 5.52. The molecule has 3 aromatic rings. The van der Waals surface area contributed by atoms with Gasteiger partial charge in [-0.3, -0.25) is 0 Å². The van der Waals surface area contributed by atoms with Gasteiger partial charge >= 0.3 is 0 Å². The summed E-state index contributed by atoms with van der Waals surface area (Å²) >= 11 is 0. The first-order valence-corrected chi connectivity index (χ1v) is 8.41. The third-order valence-electron chi connectivity index (χ3n) is 4.05. The highest BCUT2D eigenvalue weighted by Gasteiger charge is 2.05. The summed E-state index contributed by atoms with van der Waals surface area (Å²) in [7, 11) is 0. The first-order chi connectivity index (χ1) is 11.9. The molecule has 0 nitrogen and oxygen atoms in total. The second-order valence-electron chi connectivity index (χ2n) is 5.84. The van der Waals surface area contributed by atoms with E-state index >= 15 is 0 Å². The van der Waals surface area contributed by atoms with Gasteiger partial charge in [0.2, 0.25) is 0 Å². The van der Waals surface area contributed by atoms with Gasteiger partial charge in [0.15, 0.2) is 0 Å². The number of hydrogen-bond donors (Lipinski definition) is 0. The van der Waals surface area contributed by atoms with Crippen molar-refractivity contribution in [3.8, 4) is 0 Å². The molecule has 0 aliphatic carbocycles. The molecule has 0 bridgehead atoms. The van der Waals surface area contributed by atoms with Gasteiger partial charge < -0.3 is 0 Å². The van der Waals surface area contributed by atoms with E-state index in [1.54, 1.807) is 0 Å². The van der Waals surface area contributed by atoms with E-state index in [9.17, 15) is 0 Å². The highest BCUT2D eigenvalue weighted by Crippen LogP contribution is 2.23. The van der Waals surface area contributed by atoms with E-state index in [1.165, 1.54) is 16.7 Å². The first-order valence-electron chi connectivity index (χ1n) is 8.41. The molecule has 0 saturated carbocycles. The third-order valence-corrected chi connectivity index (χ3v) is 4.05. The van der Waals surface area contributed by atoms with Crippen LogP contribution in [0.1, 0.15) is 29.0 Å². The lowest BCUT2D eigenvalue weighted by Gasteiger charge is -2.11. The summed E-state index contributed by atoms with van der Waals surface area (Å²) in [6.45, 7) is 0. The average Bonchev–Trinajstić information content (AvgIpc) is 2.67. The van der Waals surface area contributed by atoms with Gasteiger partial charge in [0.1, 0.15) is 0 Å². The summed E-state index contributed by atoms with van der Waals surface area (Å²) in [5, 5.41) is 0. The van der Waals surface area contributed by atoms with Crippen LogP contribution in [0, 0.1) is 0 Å². The Morgan fingerprint density at radius 1 is 0.583 bits per heavy atom. The summed E-state index contributed by atoms with van der Waals surface area (Å²) in [6, 6.07) is 31.6. The van der Waals surface area contributed by atoms with Crippen LogP contribution in [0.3, 0.4) is 0 Å². The van der Waals surface area contributed by atoms with Gasteiger partial charge in [0.05, 0.1) is 0 Å². The monoisotopic (exact) mass is 310 g/mol. The topological polar surface area (TPSA) is 0 Å². The maximum absolute atomic E-state index is 2.31. The van der Waals surface area contributed by atoms with Crippen molar-refractivity contribution in [3.05, 3.63) is 120 Å². The lowest BCUT2D eigenvalue weighted by molar-refractivity contribution is 0.870. The van der Waals surface area contributed by atoms with Crippen LogP contribution < -0.4 is 0 Å². The molecule has 0 spiro atoms. The lowest BCUT2D eigenvalue weighted by atomic mass is 9.94. The molecule has 0 saturated heterocycles. The zero-order valence-corrected chi connectivity index (χ0v) is 13.8. The Hall–Kier alpha value is -2.86. The molecule has 0 heteroatoms. The molecular formula is C24H22. The van der Waals surface area contributed by atoms with Gasteiger partial charge in [-0.2, -0.15) is 0 Å². The number of hydrogen-bond acceptors (Lipinski definition) is 0. The normalized spacial score (nSPS) is 12.7. The minimum absolute atomic E-state index is 0.381. The van der Waals surface area contributed by atoms with Crippen molar-refractivity contribution in [2.75, 3.05) is 0 Å². The summed E-state index contributed by atoms with van der Waals surface area (Å²) in [5.74, 6) is 0.381. The molecule has 0 aliphatic heterocycles. The quantitative estimate of drug-likeness (QED) is 0.482. The minimum atomic E-state index is 0.381. The average molecular weight is 310 g/mol. The van der Waals surface area contributed by atoms with E-state index in [2.05, 4.69) is 109 Å². The molecular weight excluding hydrogens is 288 g/mol. The highest BCUT2D eigenvalue weighted by atomic mass is 14.1. The van der Waals surface area contributed by atoms with Gasteiger partial charge in [-0.25, -0.2) is 0 Å². The van der Waals surface area contributed by atoms with Crippen molar-refractivity contribution < 1.29 is 0 Å². The number of allylic oxidation sites excluding steroid dienone is 2. The zero-order valence-electron chi connectivity index (χ0n) is 13.8. The van der Waals surface area contributed by atoms with E-state index in [1.807, 2.05) is 6.07 Å². The Bertz CT molecular complexity index is 768.